The zero-order valence-electron chi connectivity index (χ0n) is 9.41. The van der Waals surface area contributed by atoms with Crippen molar-refractivity contribution in [3.05, 3.63) is 29.6 Å². The van der Waals surface area contributed by atoms with E-state index in [4.69, 9.17) is 0 Å². The van der Waals surface area contributed by atoms with Gasteiger partial charge < -0.3 is 0 Å². The maximum absolute atomic E-state index is 4.37. The second-order valence-electron chi connectivity index (χ2n) is 3.01. The SMILES string of the molecule is CC.Cc1ccnc2c1cc(C)n2SI. The van der Waals surface area contributed by atoms with Crippen LogP contribution in [0.15, 0.2) is 18.3 Å². The summed E-state index contributed by atoms with van der Waals surface area (Å²) in [6.45, 7) is 8.22. The van der Waals surface area contributed by atoms with Crippen LogP contribution in [0.3, 0.4) is 0 Å². The van der Waals surface area contributed by atoms with Gasteiger partial charge in [0.05, 0.1) is 0 Å². The van der Waals surface area contributed by atoms with Crippen LogP contribution >= 0.6 is 30.3 Å². The lowest BCUT2D eigenvalue weighted by Gasteiger charge is -1.99. The van der Waals surface area contributed by atoms with Crippen molar-refractivity contribution < 1.29 is 0 Å². The molecule has 0 bridgehead atoms. The van der Waals surface area contributed by atoms with Crippen LogP contribution in [-0.4, -0.2) is 8.96 Å². The third-order valence-electron chi connectivity index (χ3n) is 2.12. The molecule has 0 saturated carbocycles. The topological polar surface area (TPSA) is 17.8 Å². The van der Waals surface area contributed by atoms with Crippen LogP contribution in [0.4, 0.5) is 0 Å². The van der Waals surface area contributed by atoms with E-state index in [9.17, 15) is 0 Å². The highest BCUT2D eigenvalue weighted by molar-refractivity contribution is 14.2. The summed E-state index contributed by atoms with van der Waals surface area (Å²) in [7, 11) is 1.66. The maximum Gasteiger partial charge on any atom is 0.151 e. The first-order chi connectivity index (χ1) is 7.24. The molecule has 0 amide bonds. The Balaban J connectivity index is 0.000000531. The fourth-order valence-electron chi connectivity index (χ4n) is 1.42. The quantitative estimate of drug-likeness (QED) is 0.714. The molecule has 82 valence electrons. The minimum atomic E-state index is 1.07. The van der Waals surface area contributed by atoms with Gasteiger partial charge in [-0.1, -0.05) is 13.8 Å². The second-order valence-corrected chi connectivity index (χ2v) is 4.70. The van der Waals surface area contributed by atoms with Gasteiger partial charge >= 0.3 is 0 Å². The third-order valence-corrected chi connectivity index (χ3v) is 3.90. The third kappa shape index (κ3) is 2.47. The summed E-state index contributed by atoms with van der Waals surface area (Å²) >= 11 is 2.28. The lowest BCUT2D eigenvalue weighted by Crippen LogP contribution is -1.87. The molecule has 0 saturated heterocycles. The molecule has 0 aliphatic carbocycles. The van der Waals surface area contributed by atoms with Crippen molar-refractivity contribution >= 4 is 41.4 Å². The first-order valence-electron chi connectivity index (χ1n) is 4.97. The van der Waals surface area contributed by atoms with Crippen LogP contribution < -0.4 is 0 Å². The van der Waals surface area contributed by atoms with Crippen LogP contribution in [0.5, 0.6) is 0 Å². The van der Waals surface area contributed by atoms with Crippen molar-refractivity contribution in [2.75, 3.05) is 0 Å². The molecule has 0 spiro atoms. The molecule has 2 aromatic heterocycles. The fourth-order valence-corrected chi connectivity index (χ4v) is 3.28. The molecule has 0 radical (unpaired) electrons. The smallest absolute Gasteiger partial charge is 0.151 e. The van der Waals surface area contributed by atoms with Crippen molar-refractivity contribution in [1.82, 2.24) is 8.96 Å². The highest BCUT2D eigenvalue weighted by atomic mass is 127. The molecule has 0 aliphatic heterocycles. The highest BCUT2D eigenvalue weighted by Gasteiger charge is 2.07. The molecule has 0 aliphatic rings. The molecule has 0 N–H and O–H groups in total. The van der Waals surface area contributed by atoms with Gasteiger partial charge in [-0.25, -0.2) is 4.98 Å². The van der Waals surface area contributed by atoms with Crippen molar-refractivity contribution in [1.29, 1.82) is 0 Å². The Morgan fingerprint density at radius 2 is 2.00 bits per heavy atom. The zero-order chi connectivity index (χ0) is 11.4. The summed E-state index contributed by atoms with van der Waals surface area (Å²) in [6, 6.07) is 4.23. The molecule has 2 nitrogen and oxygen atoms in total. The molecule has 2 heterocycles. The average molecular weight is 334 g/mol. The summed E-state index contributed by atoms with van der Waals surface area (Å²) in [5.74, 6) is 0. The molecule has 2 aromatic rings. The molecular formula is C11H15IN2S. The van der Waals surface area contributed by atoms with Crippen LogP contribution in [-0.2, 0) is 0 Å². The number of aryl methyl sites for hydroxylation is 2. The number of fused-ring (bicyclic) bond motifs is 1. The Hall–Kier alpha value is -0.230. The number of halogens is 1. The van der Waals surface area contributed by atoms with E-state index in [0.29, 0.717) is 0 Å². The monoisotopic (exact) mass is 334 g/mol. The van der Waals surface area contributed by atoms with E-state index in [1.54, 1.807) is 9.12 Å². The van der Waals surface area contributed by atoms with Gasteiger partial charge in [0.25, 0.3) is 0 Å². The van der Waals surface area contributed by atoms with E-state index in [0.717, 1.165) is 5.65 Å². The summed E-state index contributed by atoms with van der Waals surface area (Å²) < 4.78 is 2.14. The molecule has 2 rings (SSSR count). The lowest BCUT2D eigenvalue weighted by atomic mass is 10.2. The summed E-state index contributed by atoms with van der Waals surface area (Å²) in [6.07, 6.45) is 1.86. The van der Waals surface area contributed by atoms with Gasteiger partial charge in [-0.2, -0.15) is 0 Å². The van der Waals surface area contributed by atoms with E-state index >= 15 is 0 Å². The van der Waals surface area contributed by atoms with Crippen LogP contribution in [0.2, 0.25) is 0 Å². The molecular weight excluding hydrogens is 319 g/mol. The summed E-state index contributed by atoms with van der Waals surface area (Å²) in [5.41, 5.74) is 3.60. The number of pyridine rings is 1. The molecule has 4 heteroatoms. The van der Waals surface area contributed by atoms with E-state index < -0.39 is 0 Å². The number of hydrogen-bond donors (Lipinski definition) is 0. The molecule has 0 fully saturated rings. The summed E-state index contributed by atoms with van der Waals surface area (Å²) in [5, 5.41) is 1.25. The van der Waals surface area contributed by atoms with E-state index in [1.807, 2.05) is 26.1 Å². The average Bonchev–Trinajstić information content (AvgIpc) is 2.59. The Kier molecular flexibility index (Phi) is 4.92. The zero-order valence-corrected chi connectivity index (χ0v) is 12.4. The number of aromatic nitrogens is 2. The largest absolute Gasteiger partial charge is 0.263 e. The Morgan fingerprint density at radius 3 is 2.60 bits per heavy atom. The predicted octanol–water partition coefficient (Wildman–Crippen LogP) is 4.53. The first-order valence-corrected chi connectivity index (χ1v) is 8.28. The molecule has 0 aromatic carbocycles. The molecule has 0 atom stereocenters. The van der Waals surface area contributed by atoms with Gasteiger partial charge in [-0.3, -0.25) is 3.97 Å². The summed E-state index contributed by atoms with van der Waals surface area (Å²) in [4.78, 5) is 4.37. The molecule has 0 unspecified atom stereocenters. The van der Waals surface area contributed by atoms with Crippen LogP contribution in [0, 0.1) is 13.8 Å². The van der Waals surface area contributed by atoms with Gasteiger partial charge in [0.15, 0.2) is 5.65 Å². The van der Waals surface area contributed by atoms with Crippen molar-refractivity contribution in [3.8, 4) is 0 Å². The van der Waals surface area contributed by atoms with Gasteiger partial charge in [0, 0.05) is 47.6 Å². The van der Waals surface area contributed by atoms with Gasteiger partial charge in [0.2, 0.25) is 0 Å². The first kappa shape index (κ1) is 12.8. The number of hydrogen-bond acceptors (Lipinski definition) is 2. The van der Waals surface area contributed by atoms with Gasteiger partial charge in [-0.15, -0.1) is 0 Å². The standard InChI is InChI=1S/C9H9IN2S.C2H6/c1-6-3-4-11-9-8(6)5-7(2)12(9)13-10;1-2/h3-5H,1-2H3;1-2H3. The fraction of sp³-hybridized carbons (Fsp3) is 0.364. The van der Waals surface area contributed by atoms with Crippen LogP contribution in [0.1, 0.15) is 25.1 Å². The maximum atomic E-state index is 4.37. The van der Waals surface area contributed by atoms with Crippen molar-refractivity contribution in [2.24, 2.45) is 0 Å². The van der Waals surface area contributed by atoms with Crippen molar-refractivity contribution in [3.63, 3.8) is 0 Å². The van der Waals surface area contributed by atoms with Gasteiger partial charge in [0.1, 0.15) is 0 Å². The lowest BCUT2D eigenvalue weighted by molar-refractivity contribution is 1.18. The second kappa shape index (κ2) is 5.75. The van der Waals surface area contributed by atoms with Gasteiger partial charge in [-0.05, 0) is 31.5 Å². The minimum absolute atomic E-state index is 1.07. The van der Waals surface area contributed by atoms with Crippen molar-refractivity contribution in [2.45, 2.75) is 27.7 Å². The molecule has 15 heavy (non-hydrogen) atoms. The Bertz CT molecular complexity index is 451. The predicted molar refractivity (Wildman–Crippen MR) is 77.6 cm³/mol. The minimum Gasteiger partial charge on any atom is -0.263 e. The highest BCUT2D eigenvalue weighted by Crippen LogP contribution is 2.27. The number of rotatable bonds is 1. The van der Waals surface area contributed by atoms with E-state index in [2.05, 4.69) is 50.1 Å². The number of nitrogens with zero attached hydrogens (tertiary/aromatic N) is 2. The Morgan fingerprint density at radius 1 is 1.33 bits per heavy atom. The van der Waals surface area contributed by atoms with E-state index in [-0.39, 0.29) is 0 Å². The normalized spacial score (nSPS) is 9.93. The van der Waals surface area contributed by atoms with E-state index in [1.165, 1.54) is 16.6 Å². The Labute approximate surface area is 107 Å². The van der Waals surface area contributed by atoms with Crippen LogP contribution in [0.25, 0.3) is 11.0 Å².